The molecule has 2 aliphatic rings. The molecule has 1 aliphatic carbocycles. The lowest BCUT2D eigenvalue weighted by molar-refractivity contribution is 0.0199. The van der Waals surface area contributed by atoms with Crippen LogP contribution < -0.4 is 5.32 Å². The molecule has 184 valence electrons. The molecule has 8 nitrogen and oxygen atoms in total. The zero-order valence-corrected chi connectivity index (χ0v) is 21.0. The summed E-state index contributed by atoms with van der Waals surface area (Å²) in [5.41, 5.74) is -0.114. The van der Waals surface area contributed by atoms with E-state index in [1.54, 1.807) is 24.1 Å². The largest absolute Gasteiger partial charge is 0.444 e. The van der Waals surface area contributed by atoms with Crippen molar-refractivity contribution in [3.8, 4) is 0 Å². The second-order valence-corrected chi connectivity index (χ2v) is 12.1. The van der Waals surface area contributed by atoms with Crippen molar-refractivity contribution in [1.82, 2.24) is 14.5 Å². The fourth-order valence-corrected chi connectivity index (χ4v) is 5.80. The fraction of sp³-hybridized carbons (Fsp3) is 0.667. The average Bonchev–Trinajstić information content (AvgIpc) is 2.78. The van der Waals surface area contributed by atoms with Gasteiger partial charge in [0.2, 0.25) is 10.0 Å². The lowest BCUT2D eigenvalue weighted by Crippen LogP contribution is -2.47. The molecule has 3 rings (SSSR count). The van der Waals surface area contributed by atoms with Crippen LogP contribution in [-0.2, 0) is 14.8 Å². The number of piperidine rings is 1. The number of hydrogen-bond acceptors (Lipinski definition) is 5. The lowest BCUT2D eigenvalue weighted by Gasteiger charge is -2.33. The molecule has 0 radical (unpaired) electrons. The topological polar surface area (TPSA) is 96.0 Å². The molecule has 1 saturated carbocycles. The number of ether oxygens (including phenoxy) is 1. The van der Waals surface area contributed by atoms with Crippen LogP contribution in [0.5, 0.6) is 0 Å². The quantitative estimate of drug-likeness (QED) is 0.694. The zero-order chi connectivity index (χ0) is 24.2. The summed E-state index contributed by atoms with van der Waals surface area (Å²) >= 11 is 0. The molecule has 9 heteroatoms. The maximum absolute atomic E-state index is 13.0. The maximum Gasteiger partial charge on any atom is 0.410 e. The van der Waals surface area contributed by atoms with Crippen molar-refractivity contribution in [1.29, 1.82) is 0 Å². The van der Waals surface area contributed by atoms with Crippen LogP contribution >= 0.6 is 0 Å². The first-order valence-corrected chi connectivity index (χ1v) is 13.3. The molecule has 2 fully saturated rings. The summed E-state index contributed by atoms with van der Waals surface area (Å²) in [5, 5.41) is 3.00. The first-order chi connectivity index (χ1) is 15.5. The summed E-state index contributed by atoms with van der Waals surface area (Å²) in [6.07, 6.45) is 6.01. The third-order valence-corrected chi connectivity index (χ3v) is 8.29. The Morgan fingerprint density at radius 1 is 1.00 bits per heavy atom. The number of carbonyl (C=O) groups is 2. The fourth-order valence-electron chi connectivity index (χ4n) is 4.39. The summed E-state index contributed by atoms with van der Waals surface area (Å²) in [5.74, 6) is -0.240. The van der Waals surface area contributed by atoms with Crippen molar-refractivity contribution >= 4 is 22.0 Å². The zero-order valence-electron chi connectivity index (χ0n) is 20.2. The van der Waals surface area contributed by atoms with Crippen molar-refractivity contribution in [2.75, 3.05) is 20.1 Å². The van der Waals surface area contributed by atoms with Crippen molar-refractivity contribution in [2.45, 2.75) is 88.3 Å². The first kappa shape index (κ1) is 25.5. The highest BCUT2D eigenvalue weighted by Gasteiger charge is 2.30. The number of amides is 2. The van der Waals surface area contributed by atoms with Gasteiger partial charge in [-0.05, 0) is 70.7 Å². The molecule has 1 saturated heterocycles. The van der Waals surface area contributed by atoms with Crippen molar-refractivity contribution in [3.05, 3.63) is 29.8 Å². The van der Waals surface area contributed by atoms with Crippen molar-refractivity contribution < 1.29 is 22.7 Å². The predicted molar refractivity (Wildman–Crippen MR) is 127 cm³/mol. The van der Waals surface area contributed by atoms with Gasteiger partial charge in [-0.15, -0.1) is 0 Å². The second-order valence-electron chi connectivity index (χ2n) is 10.1. The third-order valence-electron chi connectivity index (χ3n) is 6.36. The van der Waals surface area contributed by atoms with Crippen LogP contribution in [0.4, 0.5) is 4.79 Å². The predicted octanol–water partition coefficient (Wildman–Crippen LogP) is 3.77. The molecule has 2 amide bonds. The number of carbonyl (C=O) groups excluding carboxylic acids is 2. The van der Waals surface area contributed by atoms with Gasteiger partial charge in [0.05, 0.1) is 4.90 Å². The van der Waals surface area contributed by atoms with Gasteiger partial charge in [0.15, 0.2) is 0 Å². The van der Waals surface area contributed by atoms with Crippen LogP contribution in [0.15, 0.2) is 29.2 Å². The van der Waals surface area contributed by atoms with Gasteiger partial charge in [-0.2, -0.15) is 4.31 Å². The highest BCUT2D eigenvalue weighted by atomic mass is 32.2. The molecule has 1 aromatic carbocycles. The van der Waals surface area contributed by atoms with E-state index in [2.05, 4.69) is 5.32 Å². The summed E-state index contributed by atoms with van der Waals surface area (Å²) in [7, 11) is -1.94. The smallest absolute Gasteiger partial charge is 0.410 e. The van der Waals surface area contributed by atoms with Crippen LogP contribution in [-0.4, -0.2) is 67.4 Å². The minimum Gasteiger partial charge on any atom is -0.444 e. The highest BCUT2D eigenvalue weighted by molar-refractivity contribution is 7.89. The van der Waals surface area contributed by atoms with Gasteiger partial charge in [0.25, 0.3) is 5.91 Å². The van der Waals surface area contributed by atoms with Gasteiger partial charge in [0.1, 0.15) is 5.60 Å². The van der Waals surface area contributed by atoms with Crippen LogP contribution in [0.1, 0.15) is 76.1 Å². The Bertz CT molecular complexity index is 926. The molecule has 0 aromatic heterocycles. The van der Waals surface area contributed by atoms with Gasteiger partial charge in [-0.25, -0.2) is 13.2 Å². The standard InChI is InChI=1S/C24H37N3O5S/c1-24(2,3)32-23(29)27-16-14-19(15-17-27)25-22(28)18-10-12-21(13-11-18)33(30,31)26(4)20-8-6-5-7-9-20/h10-13,19-20H,5-9,14-17H2,1-4H3,(H,25,28). The SMILES string of the molecule is CN(C1CCCCC1)S(=O)(=O)c1ccc(C(=O)NC2CCN(C(=O)OC(C)(C)C)CC2)cc1. The molecule has 1 aliphatic heterocycles. The molecule has 1 N–H and O–H groups in total. The van der Waals surface area contributed by atoms with Crippen LogP contribution in [0, 0.1) is 0 Å². The maximum atomic E-state index is 13.0. The summed E-state index contributed by atoms with van der Waals surface area (Å²) in [6.45, 7) is 6.54. The van der Waals surface area contributed by atoms with Crippen molar-refractivity contribution in [2.24, 2.45) is 0 Å². The number of benzene rings is 1. The normalized spacial score (nSPS) is 18.9. The number of rotatable bonds is 5. The van der Waals surface area contributed by atoms with E-state index in [9.17, 15) is 18.0 Å². The highest BCUT2D eigenvalue weighted by Crippen LogP contribution is 2.26. The molecule has 0 atom stereocenters. The second kappa shape index (κ2) is 10.4. The van der Waals surface area contributed by atoms with E-state index in [1.807, 2.05) is 20.8 Å². The molecule has 0 unspecified atom stereocenters. The minimum atomic E-state index is -3.58. The average molecular weight is 480 g/mol. The molecule has 1 heterocycles. The lowest BCUT2D eigenvalue weighted by atomic mass is 9.96. The molecule has 0 bridgehead atoms. The molecule has 33 heavy (non-hydrogen) atoms. The van der Waals surface area contributed by atoms with E-state index in [4.69, 9.17) is 4.74 Å². The Morgan fingerprint density at radius 2 is 1.58 bits per heavy atom. The van der Waals surface area contributed by atoms with Gasteiger partial charge < -0.3 is 15.0 Å². The Balaban J connectivity index is 1.54. The number of likely N-dealkylation sites (tertiary alicyclic amines) is 1. The Hall–Kier alpha value is -2.13. The Kier molecular flexibility index (Phi) is 8.05. The summed E-state index contributed by atoms with van der Waals surface area (Å²) in [4.78, 5) is 26.7. The van der Waals surface area contributed by atoms with E-state index in [0.29, 0.717) is 31.5 Å². The van der Waals surface area contributed by atoms with Gasteiger partial charge in [-0.3, -0.25) is 4.79 Å². The monoisotopic (exact) mass is 479 g/mol. The Morgan fingerprint density at radius 3 is 2.12 bits per heavy atom. The third kappa shape index (κ3) is 6.69. The molecular weight excluding hydrogens is 442 g/mol. The molecular formula is C24H37N3O5S. The van der Waals surface area contributed by atoms with E-state index in [1.165, 1.54) is 16.4 Å². The van der Waals surface area contributed by atoms with Crippen LogP contribution in [0.25, 0.3) is 0 Å². The van der Waals surface area contributed by atoms with E-state index in [-0.39, 0.29) is 29.0 Å². The number of sulfonamides is 1. The number of nitrogens with zero attached hydrogens (tertiary/aromatic N) is 2. The Labute approximate surface area is 197 Å². The summed E-state index contributed by atoms with van der Waals surface area (Å²) < 4.78 is 32.9. The van der Waals surface area contributed by atoms with E-state index >= 15 is 0 Å². The van der Waals surface area contributed by atoms with Gasteiger partial charge in [-0.1, -0.05) is 19.3 Å². The number of hydrogen-bond donors (Lipinski definition) is 1. The minimum absolute atomic E-state index is 0.0401. The van der Waals surface area contributed by atoms with Gasteiger partial charge >= 0.3 is 6.09 Å². The number of nitrogens with one attached hydrogen (secondary N) is 1. The molecule has 0 spiro atoms. The van der Waals surface area contributed by atoms with E-state index < -0.39 is 15.6 Å². The van der Waals surface area contributed by atoms with Crippen LogP contribution in [0.3, 0.4) is 0 Å². The van der Waals surface area contributed by atoms with Crippen LogP contribution in [0.2, 0.25) is 0 Å². The molecule has 1 aromatic rings. The first-order valence-electron chi connectivity index (χ1n) is 11.8. The van der Waals surface area contributed by atoms with E-state index in [0.717, 1.165) is 32.1 Å². The summed E-state index contributed by atoms with van der Waals surface area (Å²) in [6, 6.07) is 6.14. The van der Waals surface area contributed by atoms with Gasteiger partial charge in [0, 0.05) is 37.8 Å². The van der Waals surface area contributed by atoms with Crippen molar-refractivity contribution in [3.63, 3.8) is 0 Å².